The fraction of sp³-hybridized carbons (Fsp3) is 0.579. The summed E-state index contributed by atoms with van der Waals surface area (Å²) in [7, 11) is 0. The lowest BCUT2D eigenvalue weighted by Gasteiger charge is -2.37. The minimum atomic E-state index is -0.0256. The number of para-hydroxylation sites is 2. The molecule has 1 aromatic rings. The number of benzene rings is 1. The Balaban J connectivity index is 1.62. The Labute approximate surface area is 144 Å². The Morgan fingerprint density at radius 3 is 2.50 bits per heavy atom. The zero-order valence-electron chi connectivity index (χ0n) is 14.5. The average molecular weight is 329 g/mol. The van der Waals surface area contributed by atoms with Crippen molar-refractivity contribution < 1.29 is 9.59 Å². The third-order valence-corrected chi connectivity index (χ3v) is 5.18. The molecule has 1 fully saturated rings. The van der Waals surface area contributed by atoms with Gasteiger partial charge in [0.1, 0.15) is 0 Å². The maximum absolute atomic E-state index is 12.6. The molecule has 0 unspecified atom stereocenters. The molecule has 1 aliphatic heterocycles. The summed E-state index contributed by atoms with van der Waals surface area (Å²) in [6.07, 6.45) is 5.38. The lowest BCUT2D eigenvalue weighted by molar-refractivity contribution is -0.128. The van der Waals surface area contributed by atoms with Crippen LogP contribution in [-0.2, 0) is 9.59 Å². The summed E-state index contributed by atoms with van der Waals surface area (Å²) in [6, 6.07) is 8.00. The molecule has 0 radical (unpaired) electrons. The molecule has 5 heteroatoms. The Morgan fingerprint density at radius 1 is 1.08 bits per heavy atom. The number of fused-ring (bicyclic) bond motifs is 1. The van der Waals surface area contributed by atoms with Gasteiger partial charge in [-0.05, 0) is 31.9 Å². The quantitative estimate of drug-likeness (QED) is 0.924. The van der Waals surface area contributed by atoms with Gasteiger partial charge in [0.25, 0.3) is 0 Å². The third kappa shape index (κ3) is 3.55. The molecule has 2 amide bonds. The molecule has 0 saturated heterocycles. The van der Waals surface area contributed by atoms with Crippen molar-refractivity contribution in [1.82, 2.24) is 5.32 Å². The summed E-state index contributed by atoms with van der Waals surface area (Å²) in [5, 5.41) is 2.86. The van der Waals surface area contributed by atoms with Gasteiger partial charge in [-0.2, -0.15) is 0 Å². The second kappa shape index (κ2) is 7.69. The van der Waals surface area contributed by atoms with Crippen LogP contribution < -0.4 is 15.1 Å². The fourth-order valence-corrected chi connectivity index (χ4v) is 3.78. The first-order valence-corrected chi connectivity index (χ1v) is 9.12. The summed E-state index contributed by atoms with van der Waals surface area (Å²) in [6.45, 7) is 4.64. The summed E-state index contributed by atoms with van der Waals surface area (Å²) in [4.78, 5) is 29.0. The maximum atomic E-state index is 12.6. The minimum absolute atomic E-state index is 0.0256. The van der Waals surface area contributed by atoms with Gasteiger partial charge in [-0.1, -0.05) is 31.4 Å². The molecule has 24 heavy (non-hydrogen) atoms. The topological polar surface area (TPSA) is 52.6 Å². The number of nitrogens with one attached hydrogen (secondary N) is 1. The van der Waals surface area contributed by atoms with Crippen molar-refractivity contribution in [3.8, 4) is 0 Å². The third-order valence-electron chi connectivity index (χ3n) is 5.18. The van der Waals surface area contributed by atoms with E-state index in [-0.39, 0.29) is 24.3 Å². The predicted molar refractivity (Wildman–Crippen MR) is 96.3 cm³/mol. The summed E-state index contributed by atoms with van der Waals surface area (Å²) < 4.78 is 0. The van der Waals surface area contributed by atoms with Crippen LogP contribution >= 0.6 is 0 Å². The van der Waals surface area contributed by atoms with Crippen LogP contribution in [0.15, 0.2) is 24.3 Å². The Hall–Kier alpha value is -2.04. The number of likely N-dealkylation sites (N-methyl/N-ethyl adjacent to an activating group) is 1. The van der Waals surface area contributed by atoms with Crippen molar-refractivity contribution >= 4 is 23.2 Å². The second-order valence-corrected chi connectivity index (χ2v) is 6.67. The molecule has 1 heterocycles. The van der Waals surface area contributed by atoms with E-state index < -0.39 is 0 Å². The average Bonchev–Trinajstić information content (AvgIpc) is 2.65. The molecular formula is C19H27N3O2. The lowest BCUT2D eigenvalue weighted by atomic mass is 9.89. The van der Waals surface area contributed by atoms with Gasteiger partial charge in [-0.25, -0.2) is 0 Å². The first-order chi connectivity index (χ1) is 11.7. The van der Waals surface area contributed by atoms with Gasteiger partial charge >= 0.3 is 0 Å². The van der Waals surface area contributed by atoms with E-state index in [2.05, 4.69) is 23.2 Å². The van der Waals surface area contributed by atoms with Crippen molar-refractivity contribution in [2.45, 2.75) is 39.0 Å². The van der Waals surface area contributed by atoms with Gasteiger partial charge in [0.2, 0.25) is 11.8 Å². The molecule has 2 aliphatic rings. The molecule has 0 aromatic heterocycles. The van der Waals surface area contributed by atoms with Gasteiger partial charge < -0.3 is 15.1 Å². The number of carbonyl (C=O) groups excluding carboxylic acids is 2. The van der Waals surface area contributed by atoms with Gasteiger partial charge in [0, 0.05) is 25.6 Å². The maximum Gasteiger partial charge on any atom is 0.246 e. The van der Waals surface area contributed by atoms with E-state index in [0.29, 0.717) is 6.54 Å². The first kappa shape index (κ1) is 16.8. The first-order valence-electron chi connectivity index (χ1n) is 9.12. The molecule has 5 nitrogen and oxygen atoms in total. The number of nitrogens with zero attached hydrogens (tertiary/aromatic N) is 2. The monoisotopic (exact) mass is 329 g/mol. The lowest BCUT2D eigenvalue weighted by Crippen LogP contribution is -2.48. The molecule has 130 valence electrons. The molecule has 1 saturated carbocycles. The van der Waals surface area contributed by atoms with E-state index in [0.717, 1.165) is 50.1 Å². The molecule has 1 aliphatic carbocycles. The highest BCUT2D eigenvalue weighted by Gasteiger charge is 2.27. The van der Waals surface area contributed by atoms with Gasteiger partial charge in [0.05, 0.1) is 17.9 Å². The molecule has 0 spiro atoms. The number of carbonyl (C=O) groups is 2. The molecular weight excluding hydrogens is 302 g/mol. The minimum Gasteiger partial charge on any atom is -0.368 e. The Bertz CT molecular complexity index is 596. The second-order valence-electron chi connectivity index (χ2n) is 6.67. The van der Waals surface area contributed by atoms with Crippen molar-refractivity contribution in [3.63, 3.8) is 0 Å². The Kier molecular flexibility index (Phi) is 5.38. The van der Waals surface area contributed by atoms with E-state index in [9.17, 15) is 9.59 Å². The number of anilines is 2. The smallest absolute Gasteiger partial charge is 0.246 e. The van der Waals surface area contributed by atoms with E-state index in [1.807, 2.05) is 23.1 Å². The van der Waals surface area contributed by atoms with E-state index in [4.69, 9.17) is 0 Å². The largest absolute Gasteiger partial charge is 0.368 e. The number of rotatable bonds is 4. The summed E-state index contributed by atoms with van der Waals surface area (Å²) >= 11 is 0. The predicted octanol–water partition coefficient (Wildman–Crippen LogP) is 2.56. The molecule has 0 atom stereocenters. The van der Waals surface area contributed by atoms with Crippen LogP contribution in [0.3, 0.4) is 0 Å². The van der Waals surface area contributed by atoms with Crippen molar-refractivity contribution in [2.24, 2.45) is 5.92 Å². The van der Waals surface area contributed by atoms with Crippen LogP contribution in [0.25, 0.3) is 0 Å². The van der Waals surface area contributed by atoms with Gasteiger partial charge in [-0.3, -0.25) is 9.59 Å². The van der Waals surface area contributed by atoms with Crippen LogP contribution in [0.1, 0.15) is 39.0 Å². The van der Waals surface area contributed by atoms with Crippen LogP contribution in [0.4, 0.5) is 11.4 Å². The van der Waals surface area contributed by atoms with Gasteiger partial charge in [-0.15, -0.1) is 0 Å². The Morgan fingerprint density at radius 2 is 1.79 bits per heavy atom. The van der Waals surface area contributed by atoms with Crippen molar-refractivity contribution in [3.05, 3.63) is 24.3 Å². The molecule has 1 aromatic carbocycles. The summed E-state index contributed by atoms with van der Waals surface area (Å²) in [5.74, 6) is 0.113. The highest BCUT2D eigenvalue weighted by Crippen LogP contribution is 2.32. The van der Waals surface area contributed by atoms with Gasteiger partial charge in [0.15, 0.2) is 0 Å². The summed E-state index contributed by atoms with van der Waals surface area (Å²) in [5.41, 5.74) is 2.04. The van der Waals surface area contributed by atoms with Crippen LogP contribution in [0, 0.1) is 5.92 Å². The molecule has 0 bridgehead atoms. The fourth-order valence-electron chi connectivity index (χ4n) is 3.78. The zero-order chi connectivity index (χ0) is 16.9. The van der Waals surface area contributed by atoms with E-state index in [1.54, 1.807) is 0 Å². The van der Waals surface area contributed by atoms with E-state index in [1.165, 1.54) is 6.42 Å². The number of hydrogen-bond donors (Lipinski definition) is 1. The van der Waals surface area contributed by atoms with Crippen molar-refractivity contribution in [1.29, 1.82) is 0 Å². The highest BCUT2D eigenvalue weighted by atomic mass is 16.2. The standard InChI is InChI=1S/C19H27N3O2/c1-2-21-12-13-22(17-11-7-6-10-16(17)21)18(23)14-20-19(24)15-8-4-3-5-9-15/h6-7,10-11,15H,2-5,8-9,12-14H2,1H3,(H,20,24). The highest BCUT2D eigenvalue weighted by molar-refractivity contribution is 6.00. The SMILES string of the molecule is CCN1CCN(C(=O)CNC(=O)C2CCCCC2)c2ccccc21. The van der Waals surface area contributed by atoms with E-state index >= 15 is 0 Å². The van der Waals surface area contributed by atoms with Crippen LogP contribution in [0.5, 0.6) is 0 Å². The number of amides is 2. The van der Waals surface area contributed by atoms with Crippen LogP contribution in [-0.4, -0.2) is 38.0 Å². The van der Waals surface area contributed by atoms with Crippen molar-refractivity contribution in [2.75, 3.05) is 36.0 Å². The number of hydrogen-bond acceptors (Lipinski definition) is 3. The normalized spacial score (nSPS) is 18.2. The zero-order valence-corrected chi connectivity index (χ0v) is 14.5. The van der Waals surface area contributed by atoms with Crippen LogP contribution in [0.2, 0.25) is 0 Å². The molecule has 3 rings (SSSR count). The molecule has 1 N–H and O–H groups in total.